The van der Waals surface area contributed by atoms with Crippen molar-refractivity contribution in [1.29, 1.82) is 0 Å². The first kappa shape index (κ1) is 19.3. The average molecular weight is 317 g/mol. The van der Waals surface area contributed by atoms with E-state index in [1.165, 1.54) is 0 Å². The van der Waals surface area contributed by atoms with Gasteiger partial charge >= 0.3 is 0 Å². The Morgan fingerprint density at radius 2 is 1.43 bits per heavy atom. The molecule has 0 fully saturated rings. The topological polar surface area (TPSA) is 40.5 Å². The number of amides is 1. The highest BCUT2D eigenvalue weighted by Gasteiger charge is 2.27. The third-order valence-corrected chi connectivity index (χ3v) is 3.97. The Kier molecular flexibility index (Phi) is 5.35. The van der Waals surface area contributed by atoms with Crippen LogP contribution >= 0.6 is 0 Å². The van der Waals surface area contributed by atoms with E-state index < -0.39 is 0 Å². The number of carbonyl (C=O) groups excluding carboxylic acids is 1. The van der Waals surface area contributed by atoms with Crippen molar-refractivity contribution < 1.29 is 9.90 Å². The molecule has 0 radical (unpaired) electrons. The highest BCUT2D eigenvalue weighted by atomic mass is 16.3. The second kappa shape index (κ2) is 6.38. The van der Waals surface area contributed by atoms with Gasteiger partial charge in [0.2, 0.25) is 5.91 Å². The van der Waals surface area contributed by atoms with Gasteiger partial charge in [0.15, 0.2) is 0 Å². The number of phenolic OH excluding ortho intramolecular Hbond substituents is 1. The molecular weight excluding hydrogens is 286 g/mol. The van der Waals surface area contributed by atoms with E-state index in [2.05, 4.69) is 48.1 Å². The Bertz CT molecular complexity index is 567. The predicted molar refractivity (Wildman–Crippen MR) is 96.5 cm³/mol. The standard InChI is InChI=1S/C20H31NO2/c1-13(2)21(14(3)22)12-15-10-16(19(4,5)6)18(23)17(11-15)20(7,8)9/h10-11,23H,1,12H2,2-9H3. The molecule has 1 aromatic rings. The zero-order valence-corrected chi connectivity index (χ0v) is 15.9. The zero-order chi connectivity index (χ0) is 18.2. The first-order chi connectivity index (χ1) is 10.2. The highest BCUT2D eigenvalue weighted by molar-refractivity contribution is 5.75. The fourth-order valence-electron chi connectivity index (χ4n) is 2.63. The summed E-state index contributed by atoms with van der Waals surface area (Å²) in [6.07, 6.45) is 0. The lowest BCUT2D eigenvalue weighted by Crippen LogP contribution is -2.26. The lowest BCUT2D eigenvalue weighted by Gasteiger charge is -2.29. The predicted octanol–water partition coefficient (Wildman–Crippen LogP) is 4.87. The largest absolute Gasteiger partial charge is 0.507 e. The van der Waals surface area contributed by atoms with Gasteiger partial charge in [-0.2, -0.15) is 0 Å². The van der Waals surface area contributed by atoms with Crippen molar-refractivity contribution in [3.05, 3.63) is 41.1 Å². The number of aromatic hydroxyl groups is 1. The van der Waals surface area contributed by atoms with Crippen molar-refractivity contribution in [3.8, 4) is 5.75 Å². The first-order valence-electron chi connectivity index (χ1n) is 8.05. The van der Waals surface area contributed by atoms with E-state index in [0.717, 1.165) is 22.4 Å². The number of benzene rings is 1. The smallest absolute Gasteiger partial charge is 0.223 e. The third kappa shape index (κ3) is 4.60. The Labute approximate surface area is 141 Å². The third-order valence-electron chi connectivity index (χ3n) is 3.97. The second-order valence-electron chi connectivity index (χ2n) is 8.38. The average Bonchev–Trinajstić information content (AvgIpc) is 2.33. The molecule has 1 amide bonds. The lowest BCUT2D eigenvalue weighted by atomic mass is 9.78. The molecule has 0 saturated heterocycles. The Hall–Kier alpha value is -1.77. The van der Waals surface area contributed by atoms with Gasteiger partial charge in [-0.3, -0.25) is 4.79 Å². The van der Waals surface area contributed by atoms with Gasteiger partial charge in [-0.25, -0.2) is 0 Å². The maximum Gasteiger partial charge on any atom is 0.223 e. The first-order valence-corrected chi connectivity index (χ1v) is 8.05. The van der Waals surface area contributed by atoms with Crippen LogP contribution < -0.4 is 0 Å². The van der Waals surface area contributed by atoms with E-state index in [9.17, 15) is 9.90 Å². The van der Waals surface area contributed by atoms with E-state index in [0.29, 0.717) is 12.3 Å². The van der Waals surface area contributed by atoms with Crippen LogP contribution in [0, 0.1) is 0 Å². The Balaban J connectivity index is 3.50. The fraction of sp³-hybridized carbons (Fsp3) is 0.550. The van der Waals surface area contributed by atoms with Crippen molar-refractivity contribution in [2.24, 2.45) is 0 Å². The van der Waals surface area contributed by atoms with Crippen molar-refractivity contribution in [1.82, 2.24) is 4.90 Å². The number of hydrogen-bond acceptors (Lipinski definition) is 2. The van der Waals surface area contributed by atoms with Gasteiger partial charge < -0.3 is 10.0 Å². The van der Waals surface area contributed by atoms with Crippen molar-refractivity contribution in [2.45, 2.75) is 72.8 Å². The molecule has 3 nitrogen and oxygen atoms in total. The molecule has 1 rings (SSSR count). The number of rotatable bonds is 3. The second-order valence-corrected chi connectivity index (χ2v) is 8.38. The van der Waals surface area contributed by atoms with Crippen LogP contribution in [0.1, 0.15) is 72.1 Å². The molecule has 23 heavy (non-hydrogen) atoms. The minimum absolute atomic E-state index is 0.0276. The monoisotopic (exact) mass is 317 g/mol. The Morgan fingerprint density at radius 3 is 1.70 bits per heavy atom. The number of phenols is 1. The molecule has 0 bridgehead atoms. The minimum atomic E-state index is -0.176. The molecule has 0 aromatic heterocycles. The molecule has 0 aliphatic rings. The van der Waals surface area contributed by atoms with Crippen LogP contribution in [0.5, 0.6) is 5.75 Å². The van der Waals surface area contributed by atoms with Crippen LogP contribution in [0.3, 0.4) is 0 Å². The number of nitrogens with zero attached hydrogens (tertiary/aromatic N) is 1. The van der Waals surface area contributed by atoms with Gasteiger partial charge in [-0.05, 0) is 46.6 Å². The summed E-state index contributed by atoms with van der Waals surface area (Å²) >= 11 is 0. The number of hydrogen-bond donors (Lipinski definition) is 1. The molecule has 0 aliphatic heterocycles. The quantitative estimate of drug-likeness (QED) is 0.864. The molecule has 0 heterocycles. The summed E-state index contributed by atoms with van der Waals surface area (Å²) in [5, 5.41) is 10.7. The van der Waals surface area contributed by atoms with E-state index >= 15 is 0 Å². The highest BCUT2D eigenvalue weighted by Crippen LogP contribution is 2.40. The van der Waals surface area contributed by atoms with Gasteiger partial charge in [0.05, 0.1) is 6.54 Å². The normalized spacial score (nSPS) is 12.2. The van der Waals surface area contributed by atoms with E-state index in [4.69, 9.17) is 0 Å². The molecule has 0 spiro atoms. The van der Waals surface area contributed by atoms with Crippen molar-refractivity contribution in [2.75, 3.05) is 0 Å². The van der Waals surface area contributed by atoms with Crippen molar-refractivity contribution >= 4 is 5.91 Å². The maximum atomic E-state index is 11.8. The molecule has 0 saturated carbocycles. The zero-order valence-electron chi connectivity index (χ0n) is 15.9. The van der Waals surface area contributed by atoms with E-state index in [1.807, 2.05) is 19.1 Å². The molecule has 1 N–H and O–H groups in total. The van der Waals surface area contributed by atoms with Gasteiger partial charge in [-0.1, -0.05) is 48.1 Å². The molecule has 128 valence electrons. The van der Waals surface area contributed by atoms with E-state index in [-0.39, 0.29) is 16.7 Å². The molecule has 0 aliphatic carbocycles. The number of allylic oxidation sites excluding steroid dienone is 1. The summed E-state index contributed by atoms with van der Waals surface area (Å²) in [5.74, 6) is 0.332. The SMILES string of the molecule is C=C(C)N(Cc1cc(C(C)(C)C)c(O)c(C(C)(C)C)c1)C(C)=O. The van der Waals surface area contributed by atoms with Gasteiger partial charge in [0.1, 0.15) is 5.75 Å². The van der Waals surface area contributed by atoms with Crippen molar-refractivity contribution in [3.63, 3.8) is 0 Å². The van der Waals surface area contributed by atoms with Crippen LogP contribution in [0.25, 0.3) is 0 Å². The maximum absolute atomic E-state index is 11.8. The summed E-state index contributed by atoms with van der Waals surface area (Å²) in [4.78, 5) is 13.5. The minimum Gasteiger partial charge on any atom is -0.507 e. The number of carbonyl (C=O) groups is 1. The van der Waals surface area contributed by atoms with Gasteiger partial charge in [0, 0.05) is 12.6 Å². The Morgan fingerprint density at radius 1 is 1.04 bits per heavy atom. The van der Waals surface area contributed by atoms with Gasteiger partial charge in [-0.15, -0.1) is 0 Å². The van der Waals surface area contributed by atoms with Crippen LogP contribution in [-0.4, -0.2) is 15.9 Å². The van der Waals surface area contributed by atoms with Crippen LogP contribution in [0.15, 0.2) is 24.4 Å². The van der Waals surface area contributed by atoms with E-state index in [1.54, 1.807) is 11.8 Å². The summed E-state index contributed by atoms with van der Waals surface area (Å²) in [7, 11) is 0. The molecule has 0 unspecified atom stereocenters. The summed E-state index contributed by atoms with van der Waals surface area (Å²) in [6.45, 7) is 20.2. The molecule has 0 atom stereocenters. The lowest BCUT2D eigenvalue weighted by molar-refractivity contribution is -0.127. The molecule has 3 heteroatoms. The van der Waals surface area contributed by atoms with Gasteiger partial charge in [0.25, 0.3) is 0 Å². The summed E-state index contributed by atoms with van der Waals surface area (Å²) in [6, 6.07) is 4.01. The summed E-state index contributed by atoms with van der Waals surface area (Å²) < 4.78 is 0. The fourth-order valence-corrected chi connectivity index (χ4v) is 2.63. The van der Waals surface area contributed by atoms with Crippen LogP contribution in [-0.2, 0) is 22.2 Å². The molecule has 1 aromatic carbocycles. The summed E-state index contributed by atoms with van der Waals surface area (Å²) in [5.41, 5.74) is 3.20. The molecular formula is C20H31NO2. The van der Waals surface area contributed by atoms with Crippen LogP contribution in [0.4, 0.5) is 0 Å². The van der Waals surface area contributed by atoms with Crippen LogP contribution in [0.2, 0.25) is 0 Å².